The molecule has 0 saturated heterocycles. The quantitative estimate of drug-likeness (QED) is 0.708. The number of nitrogens with one attached hydrogen (secondary N) is 2. The molecule has 0 spiro atoms. The normalized spacial score (nSPS) is 11.8. The first-order chi connectivity index (χ1) is 8.50. The Hall–Kier alpha value is -1.38. The summed E-state index contributed by atoms with van der Waals surface area (Å²) in [4.78, 5) is 4.34. The van der Waals surface area contributed by atoms with Gasteiger partial charge in [-0.3, -0.25) is 0 Å². The molecule has 0 aliphatic rings. The fraction of sp³-hybridized carbons (Fsp3) is 0.300. The van der Waals surface area contributed by atoms with Gasteiger partial charge >= 0.3 is 0 Å². The molecule has 0 radical (unpaired) electrons. The molecule has 4 N–H and O–H groups in total. The topological polar surface area (TPSA) is 97.1 Å². The van der Waals surface area contributed by atoms with E-state index in [-0.39, 0.29) is 5.75 Å². The summed E-state index contributed by atoms with van der Waals surface area (Å²) in [5.74, 6) is 0.0154. The van der Waals surface area contributed by atoms with Crippen molar-refractivity contribution in [1.82, 2.24) is 9.71 Å². The number of fused-ring (bicyclic) bond motifs is 1. The number of nitrogens with zero attached hydrogens (tertiary/aromatic N) is 1. The van der Waals surface area contributed by atoms with Gasteiger partial charge in [0.05, 0.1) is 16.0 Å². The number of nitrogens with two attached hydrogens (primary N) is 1. The van der Waals surface area contributed by atoms with Crippen LogP contribution < -0.4 is 15.8 Å². The predicted octanol–water partition coefficient (Wildman–Crippen LogP) is 0.840. The van der Waals surface area contributed by atoms with Crippen LogP contribution in [0.3, 0.4) is 0 Å². The Morgan fingerprint density at radius 2 is 2.22 bits per heavy atom. The second kappa shape index (κ2) is 5.09. The minimum absolute atomic E-state index is 0.0154. The minimum Gasteiger partial charge on any atom is -0.399 e. The van der Waals surface area contributed by atoms with Crippen molar-refractivity contribution in [2.24, 2.45) is 0 Å². The van der Waals surface area contributed by atoms with E-state index in [0.717, 1.165) is 10.2 Å². The van der Waals surface area contributed by atoms with E-state index in [9.17, 15) is 8.42 Å². The fourth-order valence-corrected chi connectivity index (χ4v) is 2.93. The summed E-state index contributed by atoms with van der Waals surface area (Å²) in [6.07, 6.45) is 0. The number of nitrogen functional groups attached to an aromatic ring is 1. The Kier molecular flexibility index (Phi) is 3.69. The highest BCUT2D eigenvalue weighted by Gasteiger charge is 2.08. The molecule has 1 aromatic carbocycles. The highest BCUT2D eigenvalue weighted by atomic mass is 32.2. The molecule has 2 aromatic rings. The molecule has 2 rings (SSSR count). The number of sulfonamides is 1. The number of benzene rings is 1. The summed E-state index contributed by atoms with van der Waals surface area (Å²) in [7, 11) is -1.78. The average Bonchev–Trinajstić information content (AvgIpc) is 2.70. The van der Waals surface area contributed by atoms with Crippen molar-refractivity contribution in [2.75, 3.05) is 30.4 Å². The standard InChI is InChI=1S/C10H14N4O2S2/c1-12-18(15,16)5-4-13-10-14-8-3-2-7(11)6-9(8)17-10/h2-3,6,12H,4-5,11H2,1H3,(H,13,14). The molecule has 8 heteroatoms. The Labute approximate surface area is 109 Å². The molecule has 0 saturated carbocycles. The third-order valence-electron chi connectivity index (χ3n) is 2.37. The maximum atomic E-state index is 11.2. The van der Waals surface area contributed by atoms with Gasteiger partial charge in [-0.2, -0.15) is 0 Å². The molecular weight excluding hydrogens is 272 g/mol. The summed E-state index contributed by atoms with van der Waals surface area (Å²) in [5.41, 5.74) is 7.22. The summed E-state index contributed by atoms with van der Waals surface area (Å²) >= 11 is 1.45. The Balaban J connectivity index is 2.04. The van der Waals surface area contributed by atoms with Gasteiger partial charge in [0.1, 0.15) is 0 Å². The van der Waals surface area contributed by atoms with Crippen LogP contribution in [0.1, 0.15) is 0 Å². The van der Waals surface area contributed by atoms with Crippen LogP contribution in [-0.4, -0.2) is 32.7 Å². The Morgan fingerprint density at radius 1 is 1.44 bits per heavy atom. The zero-order valence-corrected chi connectivity index (χ0v) is 11.4. The lowest BCUT2D eigenvalue weighted by Gasteiger charge is -2.02. The van der Waals surface area contributed by atoms with Crippen molar-refractivity contribution in [3.63, 3.8) is 0 Å². The lowest BCUT2D eigenvalue weighted by molar-refractivity contribution is 0.588. The summed E-state index contributed by atoms with van der Waals surface area (Å²) in [6, 6.07) is 5.48. The number of hydrogen-bond donors (Lipinski definition) is 3. The van der Waals surface area contributed by atoms with Gasteiger partial charge in [0, 0.05) is 12.2 Å². The molecule has 0 aliphatic heterocycles. The molecule has 1 aromatic heterocycles. The largest absolute Gasteiger partial charge is 0.399 e. The zero-order valence-electron chi connectivity index (χ0n) is 9.80. The van der Waals surface area contributed by atoms with Gasteiger partial charge in [-0.1, -0.05) is 11.3 Å². The van der Waals surface area contributed by atoms with Gasteiger partial charge in [-0.05, 0) is 25.2 Å². The molecule has 0 aliphatic carbocycles. The van der Waals surface area contributed by atoms with E-state index in [2.05, 4.69) is 15.0 Å². The van der Waals surface area contributed by atoms with E-state index in [1.165, 1.54) is 18.4 Å². The number of rotatable bonds is 5. The van der Waals surface area contributed by atoms with Crippen LogP contribution in [0.5, 0.6) is 0 Å². The number of aromatic nitrogens is 1. The number of thiazole rings is 1. The molecule has 1 heterocycles. The van der Waals surface area contributed by atoms with Crippen LogP contribution in [0.25, 0.3) is 10.2 Å². The predicted molar refractivity (Wildman–Crippen MR) is 75.4 cm³/mol. The molecule has 0 bridgehead atoms. The van der Waals surface area contributed by atoms with Gasteiger partial charge in [0.25, 0.3) is 0 Å². The van der Waals surface area contributed by atoms with Crippen LogP contribution in [0.15, 0.2) is 18.2 Å². The lowest BCUT2D eigenvalue weighted by atomic mass is 10.3. The molecule has 0 atom stereocenters. The molecule has 0 unspecified atom stereocenters. The van der Waals surface area contributed by atoms with Gasteiger partial charge in [-0.15, -0.1) is 0 Å². The van der Waals surface area contributed by atoms with Crippen molar-refractivity contribution in [1.29, 1.82) is 0 Å². The van der Waals surface area contributed by atoms with E-state index in [0.29, 0.717) is 17.4 Å². The van der Waals surface area contributed by atoms with Crippen LogP contribution in [-0.2, 0) is 10.0 Å². The molecule has 0 amide bonds. The molecular formula is C10H14N4O2S2. The highest BCUT2D eigenvalue weighted by molar-refractivity contribution is 7.89. The van der Waals surface area contributed by atoms with E-state index in [1.54, 1.807) is 6.07 Å². The molecule has 18 heavy (non-hydrogen) atoms. The SMILES string of the molecule is CNS(=O)(=O)CCNc1nc2ccc(N)cc2s1. The first kappa shape index (κ1) is 13.1. The van der Waals surface area contributed by atoms with Crippen molar-refractivity contribution in [3.8, 4) is 0 Å². The van der Waals surface area contributed by atoms with Crippen molar-refractivity contribution in [3.05, 3.63) is 18.2 Å². The Morgan fingerprint density at radius 3 is 2.94 bits per heavy atom. The van der Waals surface area contributed by atoms with E-state index >= 15 is 0 Å². The Bertz CT molecular complexity index is 651. The van der Waals surface area contributed by atoms with Crippen LogP contribution in [0, 0.1) is 0 Å². The van der Waals surface area contributed by atoms with Crippen molar-refractivity contribution >= 4 is 42.4 Å². The van der Waals surface area contributed by atoms with E-state index in [4.69, 9.17) is 5.73 Å². The summed E-state index contributed by atoms with van der Waals surface area (Å²) in [6.45, 7) is 0.318. The highest BCUT2D eigenvalue weighted by Crippen LogP contribution is 2.27. The smallest absolute Gasteiger partial charge is 0.213 e. The van der Waals surface area contributed by atoms with Crippen molar-refractivity contribution in [2.45, 2.75) is 0 Å². The van der Waals surface area contributed by atoms with E-state index < -0.39 is 10.0 Å². The monoisotopic (exact) mass is 286 g/mol. The summed E-state index contributed by atoms with van der Waals surface area (Å²) in [5, 5.41) is 3.69. The first-order valence-corrected chi connectivity index (χ1v) is 7.78. The summed E-state index contributed by atoms with van der Waals surface area (Å²) < 4.78 is 25.7. The third-order valence-corrected chi connectivity index (χ3v) is 4.71. The number of hydrogen-bond acceptors (Lipinski definition) is 6. The average molecular weight is 286 g/mol. The second-order valence-electron chi connectivity index (χ2n) is 3.70. The van der Waals surface area contributed by atoms with Crippen LogP contribution in [0.4, 0.5) is 10.8 Å². The van der Waals surface area contributed by atoms with Gasteiger partial charge < -0.3 is 11.1 Å². The maximum Gasteiger partial charge on any atom is 0.213 e. The molecule has 6 nitrogen and oxygen atoms in total. The molecule has 98 valence electrons. The molecule has 0 fully saturated rings. The fourth-order valence-electron chi connectivity index (χ4n) is 1.41. The van der Waals surface area contributed by atoms with E-state index in [1.807, 2.05) is 12.1 Å². The zero-order chi connectivity index (χ0) is 13.2. The van der Waals surface area contributed by atoms with Gasteiger partial charge in [0.2, 0.25) is 10.0 Å². The number of anilines is 2. The third kappa shape index (κ3) is 3.09. The second-order valence-corrected chi connectivity index (χ2v) is 6.77. The minimum atomic E-state index is -3.18. The maximum absolute atomic E-state index is 11.2. The van der Waals surface area contributed by atoms with Gasteiger partial charge in [0.15, 0.2) is 5.13 Å². The first-order valence-electron chi connectivity index (χ1n) is 5.31. The van der Waals surface area contributed by atoms with Crippen molar-refractivity contribution < 1.29 is 8.42 Å². The van der Waals surface area contributed by atoms with Crippen LogP contribution >= 0.6 is 11.3 Å². The lowest BCUT2D eigenvalue weighted by Crippen LogP contribution is -2.26. The van der Waals surface area contributed by atoms with Crippen LogP contribution in [0.2, 0.25) is 0 Å². The van der Waals surface area contributed by atoms with Gasteiger partial charge in [-0.25, -0.2) is 18.1 Å².